The van der Waals surface area contributed by atoms with E-state index in [1.807, 2.05) is 10.9 Å². The van der Waals surface area contributed by atoms with Crippen LogP contribution in [0.3, 0.4) is 0 Å². The molecule has 0 aliphatic carbocycles. The number of hydrogen-bond acceptors (Lipinski definition) is 2. The zero-order chi connectivity index (χ0) is 8.81. The fourth-order valence-electron chi connectivity index (χ4n) is 1.00. The molecule has 12 heavy (non-hydrogen) atoms. The van der Waals surface area contributed by atoms with E-state index in [2.05, 4.69) is 46.1 Å². The summed E-state index contributed by atoms with van der Waals surface area (Å²) in [5, 5.41) is 7.48. The lowest BCUT2D eigenvalue weighted by molar-refractivity contribution is 0.550. The molecule has 1 aromatic heterocycles. The van der Waals surface area contributed by atoms with Crippen LogP contribution in [0.5, 0.6) is 0 Å². The van der Waals surface area contributed by atoms with Gasteiger partial charge in [-0.15, -0.1) is 0 Å². The highest BCUT2D eigenvalue weighted by molar-refractivity contribution is 14.1. The molecule has 0 unspecified atom stereocenters. The monoisotopic (exact) mass is 279 g/mol. The lowest BCUT2D eigenvalue weighted by atomic mass is 10.4. The number of nitrogens with one attached hydrogen (secondary N) is 1. The summed E-state index contributed by atoms with van der Waals surface area (Å²) in [5.74, 6) is 0. The minimum absolute atomic E-state index is 1.01. The molecule has 3 nitrogen and oxygen atoms in total. The van der Waals surface area contributed by atoms with Crippen LogP contribution in [-0.2, 0) is 6.54 Å². The van der Waals surface area contributed by atoms with Crippen molar-refractivity contribution in [3.8, 4) is 0 Å². The van der Waals surface area contributed by atoms with E-state index in [4.69, 9.17) is 0 Å². The molecule has 0 bridgehead atoms. The smallest absolute Gasteiger partial charge is 0.0623 e. The highest BCUT2D eigenvalue weighted by atomic mass is 127. The molecule has 0 saturated heterocycles. The van der Waals surface area contributed by atoms with Crippen molar-refractivity contribution in [3.63, 3.8) is 0 Å². The van der Waals surface area contributed by atoms with Gasteiger partial charge in [-0.05, 0) is 42.1 Å². The molecule has 68 valence electrons. The Balaban J connectivity index is 2.15. The van der Waals surface area contributed by atoms with Crippen LogP contribution in [0.15, 0.2) is 12.4 Å². The lowest BCUT2D eigenvalue weighted by Crippen LogP contribution is -2.16. The Bertz CT molecular complexity index is 222. The number of rotatable bonds is 5. The highest BCUT2D eigenvalue weighted by Gasteiger charge is 1.93. The average Bonchev–Trinajstić information content (AvgIpc) is 2.45. The number of nitrogens with zero attached hydrogens (tertiary/aromatic N) is 2. The summed E-state index contributed by atoms with van der Waals surface area (Å²) in [6.07, 6.45) is 5.09. The first-order valence-corrected chi connectivity index (χ1v) is 5.29. The fourth-order valence-corrected chi connectivity index (χ4v) is 1.45. The average molecular weight is 279 g/mol. The van der Waals surface area contributed by atoms with Crippen LogP contribution < -0.4 is 5.32 Å². The van der Waals surface area contributed by atoms with Crippen molar-refractivity contribution in [2.24, 2.45) is 0 Å². The maximum Gasteiger partial charge on any atom is 0.0623 e. The van der Waals surface area contributed by atoms with Gasteiger partial charge >= 0.3 is 0 Å². The van der Waals surface area contributed by atoms with Crippen LogP contribution in [0, 0.1) is 3.57 Å². The van der Waals surface area contributed by atoms with E-state index in [1.54, 1.807) is 0 Å². The third-order valence-corrected chi connectivity index (χ3v) is 2.15. The van der Waals surface area contributed by atoms with Crippen LogP contribution >= 0.6 is 22.6 Å². The zero-order valence-corrected chi connectivity index (χ0v) is 9.41. The summed E-state index contributed by atoms with van der Waals surface area (Å²) in [7, 11) is 0. The van der Waals surface area contributed by atoms with Crippen molar-refractivity contribution in [2.45, 2.75) is 19.9 Å². The fraction of sp³-hybridized carbons (Fsp3) is 0.625. The Morgan fingerprint density at radius 2 is 2.50 bits per heavy atom. The Kier molecular flexibility index (Phi) is 4.60. The van der Waals surface area contributed by atoms with Crippen molar-refractivity contribution in [1.82, 2.24) is 15.1 Å². The molecule has 0 atom stereocenters. The van der Waals surface area contributed by atoms with Crippen molar-refractivity contribution in [2.75, 3.05) is 13.1 Å². The number of halogens is 1. The standard InChI is InChI=1S/C8H14IN3/c1-2-10-4-3-5-12-7-8(9)6-11-12/h6-7,10H,2-5H2,1H3. The van der Waals surface area contributed by atoms with Crippen molar-refractivity contribution >= 4 is 22.6 Å². The molecule has 1 rings (SSSR count). The second-order valence-corrected chi connectivity index (χ2v) is 3.87. The van der Waals surface area contributed by atoms with E-state index in [1.165, 1.54) is 3.57 Å². The molecule has 0 amide bonds. The summed E-state index contributed by atoms with van der Waals surface area (Å²) >= 11 is 2.27. The lowest BCUT2D eigenvalue weighted by Gasteiger charge is -2.01. The topological polar surface area (TPSA) is 29.9 Å². The van der Waals surface area contributed by atoms with E-state index < -0.39 is 0 Å². The first-order valence-electron chi connectivity index (χ1n) is 4.21. The van der Waals surface area contributed by atoms with Crippen LogP contribution in [-0.4, -0.2) is 22.9 Å². The highest BCUT2D eigenvalue weighted by Crippen LogP contribution is 2.01. The first-order chi connectivity index (χ1) is 5.83. The molecule has 0 fully saturated rings. The van der Waals surface area contributed by atoms with Crippen molar-refractivity contribution in [3.05, 3.63) is 16.0 Å². The Morgan fingerprint density at radius 3 is 3.08 bits per heavy atom. The second-order valence-electron chi connectivity index (χ2n) is 2.63. The molecule has 0 spiro atoms. The second kappa shape index (κ2) is 5.53. The molecule has 1 N–H and O–H groups in total. The third kappa shape index (κ3) is 3.53. The van der Waals surface area contributed by atoms with Gasteiger partial charge in [0.25, 0.3) is 0 Å². The summed E-state index contributed by atoms with van der Waals surface area (Å²) in [5.41, 5.74) is 0. The molecule has 0 aromatic carbocycles. The van der Waals surface area contributed by atoms with Gasteiger partial charge in [0.1, 0.15) is 0 Å². The summed E-state index contributed by atoms with van der Waals surface area (Å²) < 4.78 is 3.19. The maximum atomic E-state index is 4.19. The predicted molar refractivity (Wildman–Crippen MR) is 58.1 cm³/mol. The number of aryl methyl sites for hydroxylation is 1. The van der Waals surface area contributed by atoms with Gasteiger partial charge in [-0.3, -0.25) is 4.68 Å². The van der Waals surface area contributed by atoms with Gasteiger partial charge in [0.15, 0.2) is 0 Å². The SMILES string of the molecule is CCNCCCn1cc(I)cn1. The van der Waals surface area contributed by atoms with Crippen molar-refractivity contribution in [1.29, 1.82) is 0 Å². The normalized spacial score (nSPS) is 10.5. The van der Waals surface area contributed by atoms with E-state index in [0.29, 0.717) is 0 Å². The van der Waals surface area contributed by atoms with Gasteiger partial charge in [-0.1, -0.05) is 6.92 Å². The minimum Gasteiger partial charge on any atom is -0.317 e. The predicted octanol–water partition coefficient (Wildman–Crippen LogP) is 1.49. The molecule has 1 aromatic rings. The molecular weight excluding hydrogens is 265 g/mol. The van der Waals surface area contributed by atoms with Gasteiger partial charge in [0.05, 0.1) is 9.77 Å². The summed E-state index contributed by atoms with van der Waals surface area (Å²) in [6, 6.07) is 0. The Labute approximate surface area is 86.7 Å². The minimum atomic E-state index is 1.01. The zero-order valence-electron chi connectivity index (χ0n) is 7.26. The van der Waals surface area contributed by atoms with Gasteiger partial charge in [0.2, 0.25) is 0 Å². The Morgan fingerprint density at radius 1 is 1.67 bits per heavy atom. The van der Waals surface area contributed by atoms with Crippen LogP contribution in [0.25, 0.3) is 0 Å². The molecule has 1 heterocycles. The Hall–Kier alpha value is -0.100. The summed E-state index contributed by atoms with van der Waals surface area (Å²) in [4.78, 5) is 0. The summed E-state index contributed by atoms with van der Waals surface area (Å²) in [6.45, 7) is 5.26. The van der Waals surface area contributed by atoms with Gasteiger partial charge in [-0.2, -0.15) is 5.10 Å². The molecule has 4 heteroatoms. The third-order valence-electron chi connectivity index (χ3n) is 1.59. The maximum absolute atomic E-state index is 4.19. The van der Waals surface area contributed by atoms with Gasteiger partial charge < -0.3 is 5.32 Å². The van der Waals surface area contributed by atoms with Crippen LogP contribution in [0.1, 0.15) is 13.3 Å². The van der Waals surface area contributed by atoms with Crippen LogP contribution in [0.2, 0.25) is 0 Å². The van der Waals surface area contributed by atoms with E-state index >= 15 is 0 Å². The molecular formula is C8H14IN3. The molecule has 0 saturated carbocycles. The first kappa shape index (κ1) is 9.98. The largest absolute Gasteiger partial charge is 0.317 e. The number of aromatic nitrogens is 2. The van der Waals surface area contributed by atoms with E-state index in [-0.39, 0.29) is 0 Å². The van der Waals surface area contributed by atoms with Crippen molar-refractivity contribution < 1.29 is 0 Å². The van der Waals surface area contributed by atoms with Crippen LogP contribution in [0.4, 0.5) is 0 Å². The van der Waals surface area contributed by atoms with E-state index in [9.17, 15) is 0 Å². The molecule has 0 radical (unpaired) electrons. The van der Waals surface area contributed by atoms with Gasteiger partial charge in [-0.25, -0.2) is 0 Å². The quantitative estimate of drug-likeness (QED) is 0.653. The molecule has 0 aliphatic heterocycles. The number of hydrogen-bond donors (Lipinski definition) is 1. The van der Waals surface area contributed by atoms with E-state index in [0.717, 1.165) is 26.1 Å². The molecule has 0 aliphatic rings. The van der Waals surface area contributed by atoms with Gasteiger partial charge in [0, 0.05) is 12.7 Å².